The Morgan fingerprint density at radius 2 is 2.05 bits per heavy atom. The Kier molecular flexibility index (Phi) is 5.14. The van der Waals surface area contributed by atoms with Crippen LogP contribution in [0.15, 0.2) is 48.8 Å². The van der Waals surface area contributed by atoms with Gasteiger partial charge in [-0.15, -0.1) is 0 Å². The van der Waals surface area contributed by atoms with Gasteiger partial charge in [0, 0.05) is 38.6 Å². The normalized spacial score (nSPS) is 18.0. The molecule has 0 saturated carbocycles. The van der Waals surface area contributed by atoms with Gasteiger partial charge >= 0.3 is 0 Å². The number of aromatic nitrogens is 1. The lowest BCUT2D eigenvalue weighted by molar-refractivity contribution is 0.0678. The fraction of sp³-hybridized carbons (Fsp3) is 0.389. The predicted molar refractivity (Wildman–Crippen MR) is 83.7 cm³/mol. The van der Waals surface area contributed by atoms with Gasteiger partial charge in [0.05, 0.1) is 6.10 Å². The van der Waals surface area contributed by atoms with E-state index in [0.29, 0.717) is 6.54 Å². The predicted octanol–water partition coefficient (Wildman–Crippen LogP) is 3.40. The number of rotatable bonds is 6. The molecular formula is C18H21FN2O. The molecule has 1 fully saturated rings. The Hall–Kier alpha value is -1.78. The minimum Gasteiger partial charge on any atom is -0.377 e. The highest BCUT2D eigenvalue weighted by molar-refractivity contribution is 5.17. The van der Waals surface area contributed by atoms with Crippen molar-refractivity contribution in [2.24, 2.45) is 0 Å². The van der Waals surface area contributed by atoms with Crippen LogP contribution < -0.4 is 0 Å². The number of ether oxygens (including phenoxy) is 1. The highest BCUT2D eigenvalue weighted by atomic mass is 19.1. The van der Waals surface area contributed by atoms with Crippen molar-refractivity contribution in [1.82, 2.24) is 9.88 Å². The summed E-state index contributed by atoms with van der Waals surface area (Å²) in [6, 6.07) is 10.8. The largest absolute Gasteiger partial charge is 0.377 e. The van der Waals surface area contributed by atoms with Crippen LogP contribution in [0.3, 0.4) is 0 Å². The molecule has 22 heavy (non-hydrogen) atoms. The molecule has 0 bridgehead atoms. The molecule has 4 heteroatoms. The molecule has 0 N–H and O–H groups in total. The van der Waals surface area contributed by atoms with E-state index in [1.54, 1.807) is 18.3 Å². The van der Waals surface area contributed by atoms with E-state index < -0.39 is 0 Å². The Morgan fingerprint density at radius 3 is 2.77 bits per heavy atom. The molecule has 116 valence electrons. The van der Waals surface area contributed by atoms with E-state index in [2.05, 4.69) is 16.0 Å². The maximum absolute atomic E-state index is 13.4. The fourth-order valence-electron chi connectivity index (χ4n) is 2.90. The van der Waals surface area contributed by atoms with Crippen LogP contribution in [0.2, 0.25) is 0 Å². The maximum Gasteiger partial charge on any atom is 0.123 e. The third-order valence-electron chi connectivity index (χ3n) is 3.91. The number of halogens is 1. The van der Waals surface area contributed by atoms with E-state index in [-0.39, 0.29) is 11.9 Å². The standard InChI is InChI=1S/C18H21FN2O/c19-17-6-1-4-15(10-17)12-21(14-18-7-3-9-22-18)13-16-5-2-8-20-11-16/h1-2,4-6,8,10-11,18H,3,7,9,12-14H2. The first-order valence-electron chi connectivity index (χ1n) is 7.77. The lowest BCUT2D eigenvalue weighted by Crippen LogP contribution is -2.31. The minimum absolute atomic E-state index is 0.184. The molecule has 1 saturated heterocycles. The molecular weight excluding hydrogens is 279 g/mol. The highest BCUT2D eigenvalue weighted by Gasteiger charge is 2.19. The summed E-state index contributed by atoms with van der Waals surface area (Å²) in [4.78, 5) is 6.48. The van der Waals surface area contributed by atoms with E-state index in [9.17, 15) is 4.39 Å². The van der Waals surface area contributed by atoms with E-state index in [1.807, 2.05) is 18.3 Å². The first-order valence-corrected chi connectivity index (χ1v) is 7.77. The van der Waals surface area contributed by atoms with Gasteiger partial charge in [0.1, 0.15) is 5.82 Å². The average Bonchev–Trinajstić information content (AvgIpc) is 3.01. The maximum atomic E-state index is 13.4. The van der Waals surface area contributed by atoms with Gasteiger partial charge in [-0.3, -0.25) is 9.88 Å². The molecule has 2 aromatic rings. The molecule has 3 nitrogen and oxygen atoms in total. The number of hydrogen-bond acceptors (Lipinski definition) is 3. The van der Waals surface area contributed by atoms with Crippen molar-refractivity contribution in [3.05, 3.63) is 65.7 Å². The number of pyridine rings is 1. The second kappa shape index (κ2) is 7.47. The van der Waals surface area contributed by atoms with Gasteiger partial charge in [0.25, 0.3) is 0 Å². The molecule has 1 aromatic heterocycles. The van der Waals surface area contributed by atoms with E-state index >= 15 is 0 Å². The third-order valence-corrected chi connectivity index (χ3v) is 3.91. The zero-order valence-corrected chi connectivity index (χ0v) is 12.6. The molecule has 0 spiro atoms. The summed E-state index contributed by atoms with van der Waals surface area (Å²) in [7, 11) is 0. The summed E-state index contributed by atoms with van der Waals surface area (Å²) in [5, 5.41) is 0. The SMILES string of the molecule is Fc1cccc(CN(Cc2cccnc2)CC2CCCO2)c1. The Labute approximate surface area is 130 Å². The first-order chi connectivity index (χ1) is 10.8. The van der Waals surface area contributed by atoms with Crippen molar-refractivity contribution in [3.63, 3.8) is 0 Å². The smallest absolute Gasteiger partial charge is 0.123 e. The Morgan fingerprint density at radius 1 is 1.18 bits per heavy atom. The molecule has 0 radical (unpaired) electrons. The number of nitrogens with zero attached hydrogens (tertiary/aromatic N) is 2. The summed E-state index contributed by atoms with van der Waals surface area (Å²) in [5.41, 5.74) is 2.15. The lowest BCUT2D eigenvalue weighted by Gasteiger charge is -2.25. The molecule has 1 unspecified atom stereocenters. The quantitative estimate of drug-likeness (QED) is 0.817. The van der Waals surface area contributed by atoms with Crippen molar-refractivity contribution in [3.8, 4) is 0 Å². The number of hydrogen-bond donors (Lipinski definition) is 0. The molecule has 0 aliphatic carbocycles. The van der Waals surface area contributed by atoms with E-state index in [4.69, 9.17) is 4.74 Å². The first kappa shape index (κ1) is 15.1. The molecule has 1 atom stereocenters. The van der Waals surface area contributed by atoms with Crippen LogP contribution in [-0.2, 0) is 17.8 Å². The molecule has 0 amide bonds. The zero-order chi connectivity index (χ0) is 15.2. The zero-order valence-electron chi connectivity index (χ0n) is 12.6. The van der Waals surface area contributed by atoms with Gasteiger partial charge in [-0.2, -0.15) is 0 Å². The summed E-state index contributed by atoms with van der Waals surface area (Å²) in [6.07, 6.45) is 6.18. The monoisotopic (exact) mass is 300 g/mol. The van der Waals surface area contributed by atoms with Crippen molar-refractivity contribution >= 4 is 0 Å². The van der Waals surface area contributed by atoms with Crippen LogP contribution in [0.5, 0.6) is 0 Å². The van der Waals surface area contributed by atoms with Crippen LogP contribution in [0, 0.1) is 5.82 Å². The van der Waals surface area contributed by atoms with E-state index in [1.165, 1.54) is 6.07 Å². The highest BCUT2D eigenvalue weighted by Crippen LogP contribution is 2.17. The fourth-order valence-corrected chi connectivity index (χ4v) is 2.90. The topological polar surface area (TPSA) is 25.4 Å². The average molecular weight is 300 g/mol. The summed E-state index contributed by atoms with van der Waals surface area (Å²) in [6.45, 7) is 3.23. The van der Waals surface area contributed by atoms with Gasteiger partial charge in [-0.1, -0.05) is 18.2 Å². The molecule has 1 aliphatic heterocycles. The number of benzene rings is 1. The summed E-state index contributed by atoms with van der Waals surface area (Å²) < 4.78 is 19.1. The van der Waals surface area contributed by atoms with Gasteiger partial charge in [-0.05, 0) is 42.2 Å². The second-order valence-corrected chi connectivity index (χ2v) is 5.80. The van der Waals surface area contributed by atoms with Crippen molar-refractivity contribution in [2.75, 3.05) is 13.2 Å². The van der Waals surface area contributed by atoms with Crippen LogP contribution in [0.1, 0.15) is 24.0 Å². The van der Waals surface area contributed by atoms with Crippen LogP contribution >= 0.6 is 0 Å². The van der Waals surface area contributed by atoms with Gasteiger partial charge in [0.2, 0.25) is 0 Å². The van der Waals surface area contributed by atoms with Crippen molar-refractivity contribution < 1.29 is 9.13 Å². The van der Waals surface area contributed by atoms with Crippen molar-refractivity contribution in [2.45, 2.75) is 32.0 Å². The van der Waals surface area contributed by atoms with Crippen molar-refractivity contribution in [1.29, 1.82) is 0 Å². The molecule has 1 aromatic carbocycles. The van der Waals surface area contributed by atoms with Gasteiger partial charge in [-0.25, -0.2) is 4.39 Å². The Balaban J connectivity index is 1.70. The van der Waals surface area contributed by atoms with E-state index in [0.717, 1.165) is 43.7 Å². The third kappa shape index (κ3) is 4.36. The van der Waals surface area contributed by atoms with Crippen LogP contribution in [0.25, 0.3) is 0 Å². The van der Waals surface area contributed by atoms with Crippen LogP contribution in [0.4, 0.5) is 4.39 Å². The Bertz CT molecular complexity index is 585. The minimum atomic E-state index is -0.184. The van der Waals surface area contributed by atoms with Gasteiger partial charge in [0.15, 0.2) is 0 Å². The lowest BCUT2D eigenvalue weighted by atomic mass is 10.1. The molecule has 1 aliphatic rings. The second-order valence-electron chi connectivity index (χ2n) is 5.80. The van der Waals surface area contributed by atoms with Crippen LogP contribution in [-0.4, -0.2) is 29.1 Å². The molecule has 3 rings (SSSR count). The summed E-state index contributed by atoms with van der Waals surface area (Å²) in [5.74, 6) is -0.184. The summed E-state index contributed by atoms with van der Waals surface area (Å²) >= 11 is 0. The molecule has 2 heterocycles. The van der Waals surface area contributed by atoms with Gasteiger partial charge < -0.3 is 4.74 Å².